The maximum Gasteiger partial charge on any atom is 0.232 e. The molecule has 2 aromatic heterocycles. The van der Waals surface area contributed by atoms with Gasteiger partial charge in [0.2, 0.25) is 5.88 Å². The lowest BCUT2D eigenvalue weighted by atomic mass is 10.1. The minimum Gasteiger partial charge on any atom is -0.492 e. The van der Waals surface area contributed by atoms with E-state index in [2.05, 4.69) is 42.0 Å². The number of hydrogen-bond donors (Lipinski definition) is 1. The monoisotopic (exact) mass is 256 g/mol. The molecule has 4 heteroatoms. The van der Waals surface area contributed by atoms with Gasteiger partial charge in [0.25, 0.3) is 0 Å². The molecule has 0 bridgehead atoms. The third kappa shape index (κ3) is 1.84. The number of nitrogens with zero attached hydrogens (tertiary/aromatic N) is 2. The fraction of sp³-hybridized carbons (Fsp3) is 0.143. The average Bonchev–Trinajstić information content (AvgIpc) is 2.73. The van der Waals surface area contributed by atoms with E-state index in [0.29, 0.717) is 0 Å². The van der Waals surface area contributed by atoms with Gasteiger partial charge >= 0.3 is 0 Å². The van der Waals surface area contributed by atoms with Crippen LogP contribution >= 0.6 is 11.3 Å². The molecule has 18 heavy (non-hydrogen) atoms. The number of aryl methyl sites for hydroxylation is 2. The molecule has 3 nitrogen and oxygen atoms in total. The van der Waals surface area contributed by atoms with Gasteiger partial charge in [-0.05, 0) is 25.5 Å². The van der Waals surface area contributed by atoms with E-state index in [0.717, 1.165) is 20.7 Å². The van der Waals surface area contributed by atoms with Crippen molar-refractivity contribution in [3.63, 3.8) is 0 Å². The zero-order chi connectivity index (χ0) is 12.7. The summed E-state index contributed by atoms with van der Waals surface area (Å²) in [5.74, 6) is 0.0561. The van der Waals surface area contributed by atoms with Gasteiger partial charge in [-0.3, -0.25) is 0 Å². The number of aromatic hydroxyl groups is 1. The smallest absolute Gasteiger partial charge is 0.232 e. The molecule has 0 atom stereocenters. The fourth-order valence-corrected chi connectivity index (χ4v) is 3.09. The standard InChI is InChI=1S/C14H12N2OS/c1-8-3-9(2)5-10(4-8)12-6-11-13(18-12)14(17)16-7-15-11/h3-7H,1-2H3,(H,15,16,17). The van der Waals surface area contributed by atoms with Crippen molar-refractivity contribution >= 4 is 21.6 Å². The quantitative estimate of drug-likeness (QED) is 0.722. The summed E-state index contributed by atoms with van der Waals surface area (Å²) in [4.78, 5) is 9.08. The van der Waals surface area contributed by atoms with E-state index in [4.69, 9.17) is 0 Å². The van der Waals surface area contributed by atoms with Crippen molar-refractivity contribution in [3.05, 3.63) is 41.7 Å². The fourth-order valence-electron chi connectivity index (χ4n) is 2.10. The Morgan fingerprint density at radius 1 is 1.00 bits per heavy atom. The number of benzene rings is 1. The second-order valence-electron chi connectivity index (χ2n) is 4.40. The molecule has 0 fully saturated rings. The van der Waals surface area contributed by atoms with Gasteiger partial charge in [0.15, 0.2) is 0 Å². The molecule has 0 saturated heterocycles. The maximum absolute atomic E-state index is 9.70. The lowest BCUT2D eigenvalue weighted by Gasteiger charge is -2.01. The molecule has 0 unspecified atom stereocenters. The molecule has 0 radical (unpaired) electrons. The van der Waals surface area contributed by atoms with Crippen LogP contribution in [0.3, 0.4) is 0 Å². The minimum atomic E-state index is 0.0561. The second-order valence-corrected chi connectivity index (χ2v) is 5.45. The summed E-state index contributed by atoms with van der Waals surface area (Å²) in [5, 5.41) is 9.70. The van der Waals surface area contributed by atoms with Gasteiger partial charge in [0.05, 0.1) is 5.52 Å². The van der Waals surface area contributed by atoms with E-state index in [9.17, 15) is 5.11 Å². The van der Waals surface area contributed by atoms with Crippen LogP contribution in [0, 0.1) is 13.8 Å². The summed E-state index contributed by atoms with van der Waals surface area (Å²) < 4.78 is 0.742. The van der Waals surface area contributed by atoms with E-state index < -0.39 is 0 Å². The summed E-state index contributed by atoms with van der Waals surface area (Å²) in [5.41, 5.74) is 4.42. The van der Waals surface area contributed by atoms with Gasteiger partial charge in [-0.1, -0.05) is 29.3 Å². The average molecular weight is 256 g/mol. The van der Waals surface area contributed by atoms with E-state index >= 15 is 0 Å². The van der Waals surface area contributed by atoms with Crippen LogP contribution in [0.15, 0.2) is 30.6 Å². The molecule has 2 heterocycles. The number of rotatable bonds is 1. The zero-order valence-electron chi connectivity index (χ0n) is 10.1. The highest BCUT2D eigenvalue weighted by atomic mass is 32.1. The first-order valence-corrected chi connectivity index (χ1v) is 6.47. The van der Waals surface area contributed by atoms with E-state index in [1.807, 2.05) is 6.07 Å². The van der Waals surface area contributed by atoms with Crippen LogP contribution in [0.1, 0.15) is 11.1 Å². The van der Waals surface area contributed by atoms with Crippen LogP contribution in [-0.4, -0.2) is 15.1 Å². The van der Waals surface area contributed by atoms with Crippen molar-refractivity contribution in [2.75, 3.05) is 0 Å². The largest absolute Gasteiger partial charge is 0.492 e. The van der Waals surface area contributed by atoms with Crippen molar-refractivity contribution in [1.29, 1.82) is 0 Å². The van der Waals surface area contributed by atoms with Crippen molar-refractivity contribution < 1.29 is 5.11 Å². The molecule has 90 valence electrons. The Balaban J connectivity index is 2.22. The lowest BCUT2D eigenvalue weighted by molar-refractivity contribution is 0.460. The van der Waals surface area contributed by atoms with Gasteiger partial charge in [0.1, 0.15) is 11.0 Å². The number of hydrogen-bond acceptors (Lipinski definition) is 4. The first-order chi connectivity index (χ1) is 8.63. The molecular weight excluding hydrogens is 244 g/mol. The first-order valence-electron chi connectivity index (χ1n) is 5.65. The highest BCUT2D eigenvalue weighted by molar-refractivity contribution is 7.22. The molecular formula is C14H12N2OS. The Labute approximate surface area is 109 Å². The molecule has 1 N–H and O–H groups in total. The Morgan fingerprint density at radius 3 is 2.39 bits per heavy atom. The van der Waals surface area contributed by atoms with Crippen LogP contribution in [0.4, 0.5) is 0 Å². The summed E-state index contributed by atoms with van der Waals surface area (Å²) in [6, 6.07) is 8.42. The highest BCUT2D eigenvalue weighted by Crippen LogP contribution is 2.36. The molecule has 0 spiro atoms. The number of thiophene rings is 1. The van der Waals surface area contributed by atoms with Crippen LogP contribution in [0.5, 0.6) is 5.88 Å². The zero-order valence-corrected chi connectivity index (χ0v) is 11.0. The highest BCUT2D eigenvalue weighted by Gasteiger charge is 2.09. The predicted octanol–water partition coefficient (Wildman–Crippen LogP) is 3.68. The van der Waals surface area contributed by atoms with Crippen molar-refractivity contribution in [3.8, 4) is 16.3 Å². The third-order valence-electron chi connectivity index (χ3n) is 2.80. The SMILES string of the molecule is Cc1cc(C)cc(-c2cc3ncnc(O)c3s2)c1. The van der Waals surface area contributed by atoms with E-state index in [-0.39, 0.29) is 5.88 Å². The van der Waals surface area contributed by atoms with Crippen LogP contribution in [0.25, 0.3) is 20.7 Å². The molecule has 0 aliphatic carbocycles. The molecule has 0 amide bonds. The topological polar surface area (TPSA) is 46.0 Å². The van der Waals surface area contributed by atoms with Crippen LogP contribution in [-0.2, 0) is 0 Å². The molecule has 0 aliphatic heterocycles. The number of aromatic nitrogens is 2. The molecule has 1 aromatic carbocycles. The van der Waals surface area contributed by atoms with E-state index in [1.165, 1.54) is 28.8 Å². The van der Waals surface area contributed by atoms with Crippen molar-refractivity contribution in [1.82, 2.24) is 9.97 Å². The Kier molecular flexibility index (Phi) is 2.52. The van der Waals surface area contributed by atoms with Crippen LogP contribution < -0.4 is 0 Å². The van der Waals surface area contributed by atoms with Gasteiger partial charge in [0, 0.05) is 4.88 Å². The van der Waals surface area contributed by atoms with Gasteiger partial charge < -0.3 is 5.11 Å². The normalized spacial score (nSPS) is 11.0. The lowest BCUT2D eigenvalue weighted by Crippen LogP contribution is -1.79. The Bertz CT molecular complexity index is 713. The molecule has 3 aromatic rings. The maximum atomic E-state index is 9.70. The first kappa shape index (κ1) is 11.2. The Hall–Kier alpha value is -1.94. The molecule has 0 saturated carbocycles. The van der Waals surface area contributed by atoms with E-state index in [1.54, 1.807) is 0 Å². The second kappa shape index (κ2) is 4.07. The molecule has 0 aliphatic rings. The van der Waals surface area contributed by atoms with Crippen molar-refractivity contribution in [2.45, 2.75) is 13.8 Å². The summed E-state index contributed by atoms with van der Waals surface area (Å²) >= 11 is 1.52. The minimum absolute atomic E-state index is 0.0561. The predicted molar refractivity (Wildman–Crippen MR) is 74.0 cm³/mol. The van der Waals surface area contributed by atoms with Gasteiger partial charge in [-0.25, -0.2) is 9.97 Å². The van der Waals surface area contributed by atoms with Gasteiger partial charge in [-0.2, -0.15) is 0 Å². The van der Waals surface area contributed by atoms with Gasteiger partial charge in [-0.15, -0.1) is 11.3 Å². The van der Waals surface area contributed by atoms with Crippen molar-refractivity contribution in [2.24, 2.45) is 0 Å². The Morgan fingerprint density at radius 2 is 1.72 bits per heavy atom. The van der Waals surface area contributed by atoms with Crippen LogP contribution in [0.2, 0.25) is 0 Å². The third-order valence-corrected chi connectivity index (χ3v) is 3.97. The summed E-state index contributed by atoms with van der Waals surface area (Å²) in [6.45, 7) is 4.17. The summed E-state index contributed by atoms with van der Waals surface area (Å²) in [7, 11) is 0. The molecule has 3 rings (SSSR count). The number of fused-ring (bicyclic) bond motifs is 1. The summed E-state index contributed by atoms with van der Waals surface area (Å²) in [6.07, 6.45) is 1.38.